The van der Waals surface area contributed by atoms with Gasteiger partial charge in [0.05, 0.1) is 0 Å². The number of aryl methyl sites for hydroxylation is 1. The number of anilines is 2. The van der Waals surface area contributed by atoms with E-state index in [1.54, 1.807) is 24.7 Å². The number of aromatic nitrogens is 3. The molecular formula is C18H16BrN5O. The molecule has 0 bridgehead atoms. The Kier molecular flexibility index (Phi) is 5.35. The zero-order chi connectivity index (χ0) is 17.6. The summed E-state index contributed by atoms with van der Waals surface area (Å²) >= 11 is 3.49. The maximum absolute atomic E-state index is 12.3. The van der Waals surface area contributed by atoms with E-state index in [4.69, 9.17) is 0 Å². The molecule has 0 fully saturated rings. The molecule has 2 N–H and O–H groups in total. The van der Waals surface area contributed by atoms with Crippen molar-refractivity contribution in [2.24, 2.45) is 0 Å². The molecule has 126 valence electrons. The standard InChI is InChI=1S/C18H16BrN5O/c1-12-2-3-14(10-15(12)19)23-18-21-9-6-16(24-18)17(25)22-11-13-4-7-20-8-5-13/h2-10H,11H2,1H3,(H,22,25)(H,21,23,24). The van der Waals surface area contributed by atoms with E-state index in [1.807, 2.05) is 37.3 Å². The molecule has 3 aromatic rings. The van der Waals surface area contributed by atoms with Crippen molar-refractivity contribution < 1.29 is 4.79 Å². The van der Waals surface area contributed by atoms with Gasteiger partial charge in [-0.3, -0.25) is 9.78 Å². The first-order chi connectivity index (χ1) is 12.1. The maximum atomic E-state index is 12.3. The van der Waals surface area contributed by atoms with E-state index in [9.17, 15) is 4.79 Å². The van der Waals surface area contributed by atoms with Gasteiger partial charge in [0.15, 0.2) is 0 Å². The minimum atomic E-state index is -0.257. The van der Waals surface area contributed by atoms with Gasteiger partial charge in [0, 0.05) is 35.3 Å². The predicted molar refractivity (Wildman–Crippen MR) is 99.6 cm³/mol. The number of nitrogens with zero attached hydrogens (tertiary/aromatic N) is 3. The fourth-order valence-electron chi connectivity index (χ4n) is 2.12. The van der Waals surface area contributed by atoms with Crippen LogP contribution >= 0.6 is 15.9 Å². The van der Waals surface area contributed by atoms with Crippen LogP contribution < -0.4 is 10.6 Å². The third-order valence-corrected chi connectivity index (χ3v) is 4.37. The summed E-state index contributed by atoms with van der Waals surface area (Å²) in [5, 5.41) is 5.93. The normalized spacial score (nSPS) is 10.3. The summed E-state index contributed by atoms with van der Waals surface area (Å²) in [4.78, 5) is 24.6. The van der Waals surface area contributed by atoms with Crippen molar-refractivity contribution in [2.45, 2.75) is 13.5 Å². The Morgan fingerprint density at radius 1 is 1.12 bits per heavy atom. The van der Waals surface area contributed by atoms with E-state index in [0.29, 0.717) is 18.2 Å². The second-order valence-corrected chi connectivity index (χ2v) is 6.25. The van der Waals surface area contributed by atoms with Gasteiger partial charge in [0.1, 0.15) is 5.69 Å². The van der Waals surface area contributed by atoms with Gasteiger partial charge in [-0.1, -0.05) is 22.0 Å². The molecule has 2 heterocycles. The van der Waals surface area contributed by atoms with Gasteiger partial charge in [-0.2, -0.15) is 0 Å². The molecule has 0 aliphatic rings. The average molecular weight is 398 g/mol. The minimum absolute atomic E-state index is 0.257. The van der Waals surface area contributed by atoms with Gasteiger partial charge in [-0.25, -0.2) is 9.97 Å². The minimum Gasteiger partial charge on any atom is -0.347 e. The number of hydrogen-bond acceptors (Lipinski definition) is 5. The van der Waals surface area contributed by atoms with Crippen LogP contribution in [0.25, 0.3) is 0 Å². The Bertz CT molecular complexity index is 886. The lowest BCUT2D eigenvalue weighted by atomic mass is 10.2. The van der Waals surface area contributed by atoms with Crippen molar-refractivity contribution in [2.75, 3.05) is 5.32 Å². The molecule has 3 rings (SSSR count). The molecule has 0 saturated heterocycles. The summed E-state index contributed by atoms with van der Waals surface area (Å²) < 4.78 is 0.990. The zero-order valence-electron chi connectivity index (χ0n) is 13.5. The molecule has 0 radical (unpaired) electrons. The van der Waals surface area contributed by atoms with Crippen LogP contribution in [0.1, 0.15) is 21.6 Å². The quantitative estimate of drug-likeness (QED) is 0.687. The SMILES string of the molecule is Cc1ccc(Nc2nccc(C(=O)NCc3ccncc3)n2)cc1Br. The molecular weight excluding hydrogens is 382 g/mol. The highest BCUT2D eigenvalue weighted by Crippen LogP contribution is 2.22. The smallest absolute Gasteiger partial charge is 0.270 e. The number of amides is 1. The summed E-state index contributed by atoms with van der Waals surface area (Å²) in [6.07, 6.45) is 4.93. The molecule has 25 heavy (non-hydrogen) atoms. The molecule has 0 aliphatic carbocycles. The second kappa shape index (κ2) is 7.85. The third-order valence-electron chi connectivity index (χ3n) is 3.52. The number of halogens is 1. The fraction of sp³-hybridized carbons (Fsp3) is 0.111. The lowest BCUT2D eigenvalue weighted by molar-refractivity contribution is 0.0946. The molecule has 6 nitrogen and oxygen atoms in total. The van der Waals surface area contributed by atoms with Gasteiger partial charge in [0.25, 0.3) is 5.91 Å². The van der Waals surface area contributed by atoms with E-state index >= 15 is 0 Å². The lowest BCUT2D eigenvalue weighted by Gasteiger charge is -2.08. The molecule has 0 spiro atoms. The van der Waals surface area contributed by atoms with Crippen LogP contribution in [0.4, 0.5) is 11.6 Å². The molecule has 0 aliphatic heterocycles. The summed E-state index contributed by atoms with van der Waals surface area (Å²) in [7, 11) is 0. The molecule has 2 aromatic heterocycles. The molecule has 0 unspecified atom stereocenters. The van der Waals surface area contributed by atoms with E-state index in [-0.39, 0.29) is 5.91 Å². The molecule has 1 amide bonds. The Labute approximate surface area is 153 Å². The van der Waals surface area contributed by atoms with Crippen LogP contribution in [0.5, 0.6) is 0 Å². The number of carbonyl (C=O) groups excluding carboxylic acids is 1. The highest BCUT2D eigenvalue weighted by molar-refractivity contribution is 9.10. The Morgan fingerprint density at radius 2 is 1.92 bits per heavy atom. The van der Waals surface area contributed by atoms with E-state index < -0.39 is 0 Å². The fourth-order valence-corrected chi connectivity index (χ4v) is 2.50. The summed E-state index contributed by atoms with van der Waals surface area (Å²) in [5.41, 5.74) is 3.25. The second-order valence-electron chi connectivity index (χ2n) is 5.39. The van der Waals surface area contributed by atoms with Crippen LogP contribution in [0.15, 0.2) is 59.5 Å². The first kappa shape index (κ1) is 17.0. The lowest BCUT2D eigenvalue weighted by Crippen LogP contribution is -2.24. The van der Waals surface area contributed by atoms with Crippen molar-refractivity contribution in [3.05, 3.63) is 76.3 Å². The first-order valence-electron chi connectivity index (χ1n) is 7.65. The van der Waals surface area contributed by atoms with Crippen LogP contribution in [0.2, 0.25) is 0 Å². The average Bonchev–Trinajstić information content (AvgIpc) is 2.64. The predicted octanol–water partition coefficient (Wildman–Crippen LogP) is 3.62. The summed E-state index contributed by atoms with van der Waals surface area (Å²) in [5.74, 6) is 0.111. The Hall–Kier alpha value is -2.80. The monoisotopic (exact) mass is 397 g/mol. The Balaban J connectivity index is 1.68. The number of rotatable bonds is 5. The molecule has 1 aromatic carbocycles. The van der Waals surface area contributed by atoms with Crippen molar-refractivity contribution in [1.82, 2.24) is 20.3 Å². The molecule has 0 atom stereocenters. The summed E-state index contributed by atoms with van der Waals surface area (Å²) in [6.45, 7) is 2.43. The number of nitrogens with one attached hydrogen (secondary N) is 2. The Morgan fingerprint density at radius 3 is 2.68 bits per heavy atom. The number of benzene rings is 1. The highest BCUT2D eigenvalue weighted by Gasteiger charge is 2.09. The van der Waals surface area contributed by atoms with Crippen molar-refractivity contribution in [3.63, 3.8) is 0 Å². The van der Waals surface area contributed by atoms with E-state index in [2.05, 4.69) is 41.5 Å². The third kappa shape index (κ3) is 4.60. The maximum Gasteiger partial charge on any atom is 0.270 e. The highest BCUT2D eigenvalue weighted by atomic mass is 79.9. The van der Waals surface area contributed by atoms with Crippen LogP contribution in [0, 0.1) is 6.92 Å². The van der Waals surface area contributed by atoms with Crippen molar-refractivity contribution in [3.8, 4) is 0 Å². The van der Waals surface area contributed by atoms with Crippen LogP contribution in [-0.2, 0) is 6.54 Å². The number of hydrogen-bond donors (Lipinski definition) is 2. The number of carbonyl (C=O) groups is 1. The van der Waals surface area contributed by atoms with Crippen LogP contribution in [0.3, 0.4) is 0 Å². The van der Waals surface area contributed by atoms with E-state index in [0.717, 1.165) is 21.3 Å². The van der Waals surface area contributed by atoms with Gasteiger partial charge < -0.3 is 10.6 Å². The van der Waals surface area contributed by atoms with E-state index in [1.165, 1.54) is 0 Å². The number of pyridine rings is 1. The van der Waals surface area contributed by atoms with Crippen molar-refractivity contribution >= 4 is 33.5 Å². The zero-order valence-corrected chi connectivity index (χ0v) is 15.1. The largest absolute Gasteiger partial charge is 0.347 e. The summed E-state index contributed by atoms with van der Waals surface area (Å²) in [6, 6.07) is 11.1. The topological polar surface area (TPSA) is 79.8 Å². The first-order valence-corrected chi connectivity index (χ1v) is 8.44. The van der Waals surface area contributed by atoms with Gasteiger partial charge in [-0.15, -0.1) is 0 Å². The van der Waals surface area contributed by atoms with Gasteiger partial charge >= 0.3 is 0 Å². The van der Waals surface area contributed by atoms with Crippen LogP contribution in [-0.4, -0.2) is 20.9 Å². The molecule has 0 saturated carbocycles. The van der Waals surface area contributed by atoms with Gasteiger partial charge in [0.2, 0.25) is 5.95 Å². The molecule has 7 heteroatoms. The van der Waals surface area contributed by atoms with Crippen molar-refractivity contribution in [1.29, 1.82) is 0 Å². The van der Waals surface area contributed by atoms with Gasteiger partial charge in [-0.05, 0) is 48.4 Å².